The molecule has 0 aromatic heterocycles. The van der Waals surface area contributed by atoms with E-state index in [-0.39, 0.29) is 6.42 Å². The van der Waals surface area contributed by atoms with Crippen LogP contribution in [-0.2, 0) is 4.79 Å². The summed E-state index contributed by atoms with van der Waals surface area (Å²) in [7, 11) is 0. The summed E-state index contributed by atoms with van der Waals surface area (Å²) >= 11 is 0. The molecule has 0 atom stereocenters. The van der Waals surface area contributed by atoms with Gasteiger partial charge in [0.05, 0.1) is 12.5 Å². The maximum absolute atomic E-state index is 9.94. The predicted octanol–water partition coefficient (Wildman–Crippen LogP) is 0.931. The quantitative estimate of drug-likeness (QED) is 0.558. The Morgan fingerprint density at radius 2 is 2.44 bits per heavy atom. The molecule has 0 radical (unpaired) electrons. The minimum Gasteiger partial charge on any atom is -0.481 e. The topological polar surface area (TPSA) is 61.1 Å². The Bertz CT molecular complexity index is 176. The molecule has 48 valence electrons. The minimum atomic E-state index is -0.968. The molecule has 0 amide bonds. The number of nitriles is 1. The van der Waals surface area contributed by atoms with Crippen LogP contribution in [0.2, 0.25) is 0 Å². The lowest BCUT2D eigenvalue weighted by molar-refractivity contribution is -0.136. The standard InChI is InChI=1S/C6H7NO2/c1-2-5(4-7)3-6(8)9/h2H,3H2,1H3,(H,8,9)/b5-2-. The van der Waals surface area contributed by atoms with E-state index >= 15 is 0 Å². The molecule has 0 spiro atoms. The summed E-state index contributed by atoms with van der Waals surface area (Å²) in [6.45, 7) is 1.64. The fourth-order valence-electron chi connectivity index (χ4n) is 0.369. The van der Waals surface area contributed by atoms with Crippen molar-refractivity contribution in [1.82, 2.24) is 0 Å². The molecule has 0 aliphatic carbocycles. The van der Waals surface area contributed by atoms with E-state index < -0.39 is 5.97 Å². The highest BCUT2D eigenvalue weighted by Gasteiger charge is 1.99. The van der Waals surface area contributed by atoms with E-state index in [1.807, 2.05) is 0 Å². The van der Waals surface area contributed by atoms with Gasteiger partial charge >= 0.3 is 5.97 Å². The normalized spacial score (nSPS) is 10.4. The summed E-state index contributed by atoms with van der Waals surface area (Å²) in [5.74, 6) is -0.968. The van der Waals surface area contributed by atoms with Crippen LogP contribution in [0.3, 0.4) is 0 Å². The van der Waals surface area contributed by atoms with Crippen LogP contribution in [0, 0.1) is 11.3 Å². The van der Waals surface area contributed by atoms with Gasteiger partial charge in [-0.1, -0.05) is 6.08 Å². The zero-order valence-electron chi connectivity index (χ0n) is 5.09. The van der Waals surface area contributed by atoms with Crippen LogP contribution in [0.4, 0.5) is 0 Å². The summed E-state index contributed by atoms with van der Waals surface area (Å²) in [5.41, 5.74) is 0.294. The van der Waals surface area contributed by atoms with E-state index in [9.17, 15) is 4.79 Å². The average Bonchev–Trinajstić information content (AvgIpc) is 1.82. The maximum atomic E-state index is 9.94. The SMILES string of the molecule is C/C=C(\C#N)CC(=O)O. The highest BCUT2D eigenvalue weighted by molar-refractivity contribution is 5.71. The van der Waals surface area contributed by atoms with Crippen LogP contribution >= 0.6 is 0 Å². The molecular weight excluding hydrogens is 118 g/mol. The molecule has 0 saturated heterocycles. The molecule has 0 aliphatic rings. The van der Waals surface area contributed by atoms with E-state index in [1.165, 1.54) is 6.08 Å². The van der Waals surface area contributed by atoms with Gasteiger partial charge in [0.15, 0.2) is 0 Å². The fourth-order valence-corrected chi connectivity index (χ4v) is 0.369. The smallest absolute Gasteiger partial charge is 0.308 e. The Morgan fingerprint density at radius 3 is 2.56 bits per heavy atom. The minimum absolute atomic E-state index is 0.174. The van der Waals surface area contributed by atoms with Gasteiger partial charge in [-0.2, -0.15) is 5.26 Å². The van der Waals surface area contributed by atoms with Crippen molar-refractivity contribution in [1.29, 1.82) is 5.26 Å². The van der Waals surface area contributed by atoms with Crippen molar-refractivity contribution < 1.29 is 9.90 Å². The Balaban J connectivity index is 3.91. The van der Waals surface area contributed by atoms with E-state index in [0.717, 1.165) is 0 Å². The number of aliphatic carboxylic acids is 1. The third kappa shape index (κ3) is 3.30. The van der Waals surface area contributed by atoms with Crippen LogP contribution in [-0.4, -0.2) is 11.1 Å². The van der Waals surface area contributed by atoms with Crippen molar-refractivity contribution in [3.05, 3.63) is 11.6 Å². The molecule has 0 rings (SSSR count). The third-order valence-electron chi connectivity index (χ3n) is 0.834. The molecule has 0 heterocycles. The molecule has 3 heteroatoms. The second-order valence-corrected chi connectivity index (χ2v) is 1.50. The van der Waals surface area contributed by atoms with Gasteiger partial charge < -0.3 is 5.11 Å². The van der Waals surface area contributed by atoms with Crippen LogP contribution in [0.5, 0.6) is 0 Å². The highest BCUT2D eigenvalue weighted by Crippen LogP contribution is 1.97. The second-order valence-electron chi connectivity index (χ2n) is 1.50. The summed E-state index contributed by atoms with van der Waals surface area (Å²) in [4.78, 5) is 9.94. The number of allylic oxidation sites excluding steroid dienone is 1. The number of hydrogen-bond donors (Lipinski definition) is 1. The maximum Gasteiger partial charge on any atom is 0.308 e. The lowest BCUT2D eigenvalue weighted by atomic mass is 10.2. The molecule has 3 nitrogen and oxygen atoms in total. The summed E-state index contributed by atoms with van der Waals surface area (Å²) in [6, 6.07) is 1.76. The van der Waals surface area contributed by atoms with Crippen molar-refractivity contribution in [2.45, 2.75) is 13.3 Å². The third-order valence-corrected chi connectivity index (χ3v) is 0.834. The van der Waals surface area contributed by atoms with E-state index in [0.29, 0.717) is 5.57 Å². The zero-order valence-corrected chi connectivity index (χ0v) is 5.09. The van der Waals surface area contributed by atoms with Gasteiger partial charge in [-0.25, -0.2) is 0 Å². The summed E-state index contributed by atoms with van der Waals surface area (Å²) < 4.78 is 0. The van der Waals surface area contributed by atoms with Crippen LogP contribution < -0.4 is 0 Å². The molecule has 0 saturated carbocycles. The van der Waals surface area contributed by atoms with Gasteiger partial charge in [0.1, 0.15) is 0 Å². The van der Waals surface area contributed by atoms with Crippen molar-refractivity contribution in [2.75, 3.05) is 0 Å². The molecule has 9 heavy (non-hydrogen) atoms. The highest BCUT2D eigenvalue weighted by atomic mass is 16.4. The van der Waals surface area contributed by atoms with E-state index in [2.05, 4.69) is 0 Å². The monoisotopic (exact) mass is 125 g/mol. The van der Waals surface area contributed by atoms with Gasteiger partial charge in [0.2, 0.25) is 0 Å². The molecule has 0 bridgehead atoms. The molecule has 0 unspecified atom stereocenters. The van der Waals surface area contributed by atoms with Crippen molar-refractivity contribution in [3.8, 4) is 6.07 Å². The van der Waals surface area contributed by atoms with E-state index in [1.54, 1.807) is 13.0 Å². The number of hydrogen-bond acceptors (Lipinski definition) is 2. The Hall–Kier alpha value is -1.30. The zero-order chi connectivity index (χ0) is 7.28. The number of nitrogens with zero attached hydrogens (tertiary/aromatic N) is 1. The van der Waals surface area contributed by atoms with Gasteiger partial charge in [-0.15, -0.1) is 0 Å². The first-order valence-electron chi connectivity index (χ1n) is 2.47. The molecule has 0 aromatic rings. The summed E-state index contributed by atoms with van der Waals surface area (Å²) in [5, 5.41) is 16.3. The number of carbonyl (C=O) groups is 1. The largest absolute Gasteiger partial charge is 0.481 e. The lowest BCUT2D eigenvalue weighted by Crippen LogP contribution is -1.94. The van der Waals surface area contributed by atoms with Crippen LogP contribution in [0.1, 0.15) is 13.3 Å². The lowest BCUT2D eigenvalue weighted by Gasteiger charge is -1.87. The Morgan fingerprint density at radius 1 is 1.89 bits per heavy atom. The van der Waals surface area contributed by atoms with Gasteiger partial charge in [0.25, 0.3) is 0 Å². The first-order valence-corrected chi connectivity index (χ1v) is 2.47. The Kier molecular flexibility index (Phi) is 3.14. The molecule has 0 aliphatic heterocycles. The molecule has 1 N–H and O–H groups in total. The van der Waals surface area contributed by atoms with Gasteiger partial charge in [-0.3, -0.25) is 4.79 Å². The first kappa shape index (κ1) is 7.70. The van der Waals surface area contributed by atoms with Crippen molar-refractivity contribution in [2.24, 2.45) is 0 Å². The van der Waals surface area contributed by atoms with Gasteiger partial charge in [-0.05, 0) is 6.92 Å². The fraction of sp³-hybridized carbons (Fsp3) is 0.333. The van der Waals surface area contributed by atoms with Crippen LogP contribution in [0.15, 0.2) is 11.6 Å². The van der Waals surface area contributed by atoms with Crippen LogP contribution in [0.25, 0.3) is 0 Å². The summed E-state index contributed by atoms with van der Waals surface area (Å²) in [6.07, 6.45) is 1.32. The number of carboxylic acids is 1. The number of carboxylic acid groups (broad SMARTS) is 1. The number of rotatable bonds is 2. The molecular formula is C6H7NO2. The molecule has 0 aromatic carbocycles. The van der Waals surface area contributed by atoms with Gasteiger partial charge in [0, 0.05) is 5.57 Å². The van der Waals surface area contributed by atoms with E-state index in [4.69, 9.17) is 10.4 Å². The van der Waals surface area contributed by atoms with Crippen molar-refractivity contribution >= 4 is 5.97 Å². The second kappa shape index (κ2) is 3.67. The molecule has 0 fully saturated rings. The predicted molar refractivity (Wildman–Crippen MR) is 31.6 cm³/mol. The Labute approximate surface area is 53.2 Å². The van der Waals surface area contributed by atoms with Crippen molar-refractivity contribution in [3.63, 3.8) is 0 Å². The average molecular weight is 125 g/mol. The first-order chi connectivity index (χ1) is 4.20.